The Labute approximate surface area is 102 Å². The van der Waals surface area contributed by atoms with Gasteiger partial charge in [0.1, 0.15) is 12.2 Å². The highest BCUT2D eigenvalue weighted by Gasteiger charge is 2.33. The van der Waals surface area contributed by atoms with E-state index in [2.05, 4.69) is 9.88 Å². The van der Waals surface area contributed by atoms with Crippen LogP contribution in [-0.2, 0) is 16.0 Å². The van der Waals surface area contributed by atoms with E-state index in [4.69, 9.17) is 15.2 Å². The molecule has 1 aliphatic rings. The molecule has 2 heterocycles. The molecule has 2 N–H and O–H groups in total. The Morgan fingerprint density at radius 3 is 2.53 bits per heavy atom. The van der Waals surface area contributed by atoms with Crippen LogP contribution in [0.1, 0.15) is 5.69 Å². The van der Waals surface area contributed by atoms with Gasteiger partial charge in [-0.15, -0.1) is 0 Å². The average Bonchev–Trinajstić information content (AvgIpc) is 2.82. The molecule has 5 heteroatoms. The maximum Gasteiger partial charge on any atom is 0.102 e. The van der Waals surface area contributed by atoms with Crippen LogP contribution < -0.4 is 10.6 Å². The number of methoxy groups -OCH3 is 2. The van der Waals surface area contributed by atoms with Gasteiger partial charge < -0.3 is 20.1 Å². The van der Waals surface area contributed by atoms with Crippen molar-refractivity contribution in [2.24, 2.45) is 5.73 Å². The maximum absolute atomic E-state index is 5.59. The van der Waals surface area contributed by atoms with Crippen molar-refractivity contribution in [2.45, 2.75) is 18.8 Å². The monoisotopic (exact) mass is 237 g/mol. The molecule has 2 unspecified atom stereocenters. The average molecular weight is 237 g/mol. The number of aromatic nitrogens is 1. The summed E-state index contributed by atoms with van der Waals surface area (Å²) in [6.07, 6.45) is 2.03. The van der Waals surface area contributed by atoms with Gasteiger partial charge in [0.25, 0.3) is 0 Å². The number of nitrogens with zero attached hydrogens (tertiary/aromatic N) is 2. The third-order valence-corrected chi connectivity index (χ3v) is 3.20. The summed E-state index contributed by atoms with van der Waals surface area (Å²) in [6, 6.07) is 4.01. The fourth-order valence-corrected chi connectivity index (χ4v) is 2.18. The quantitative estimate of drug-likeness (QED) is 0.821. The van der Waals surface area contributed by atoms with Crippen molar-refractivity contribution in [3.63, 3.8) is 0 Å². The van der Waals surface area contributed by atoms with Gasteiger partial charge >= 0.3 is 0 Å². The van der Waals surface area contributed by atoms with Crippen LogP contribution in [0.5, 0.6) is 0 Å². The van der Waals surface area contributed by atoms with Gasteiger partial charge in [0.2, 0.25) is 0 Å². The summed E-state index contributed by atoms with van der Waals surface area (Å²) in [5, 5.41) is 0. The second kappa shape index (κ2) is 5.44. The first-order chi connectivity index (χ1) is 8.28. The number of hydrogen-bond acceptors (Lipinski definition) is 5. The lowest BCUT2D eigenvalue weighted by molar-refractivity contribution is -0.00461. The minimum Gasteiger partial charge on any atom is -0.377 e. The number of anilines is 1. The van der Waals surface area contributed by atoms with E-state index in [1.165, 1.54) is 0 Å². The molecule has 1 aliphatic heterocycles. The Balaban J connectivity index is 2.13. The van der Waals surface area contributed by atoms with Crippen molar-refractivity contribution in [2.75, 3.05) is 32.2 Å². The molecule has 1 aromatic heterocycles. The summed E-state index contributed by atoms with van der Waals surface area (Å²) in [5.41, 5.74) is 7.62. The van der Waals surface area contributed by atoms with Gasteiger partial charge in [-0.2, -0.15) is 0 Å². The molecule has 0 spiro atoms. The topological polar surface area (TPSA) is 60.6 Å². The number of pyridine rings is 1. The van der Waals surface area contributed by atoms with Crippen LogP contribution in [0.15, 0.2) is 18.3 Å². The highest BCUT2D eigenvalue weighted by molar-refractivity contribution is 5.48. The van der Waals surface area contributed by atoms with E-state index in [-0.39, 0.29) is 12.2 Å². The summed E-state index contributed by atoms with van der Waals surface area (Å²) in [6.45, 7) is 2.13. The van der Waals surface area contributed by atoms with Crippen LogP contribution in [0, 0.1) is 0 Å². The van der Waals surface area contributed by atoms with Crippen molar-refractivity contribution >= 4 is 5.69 Å². The van der Waals surface area contributed by atoms with Gasteiger partial charge in [-0.1, -0.05) is 0 Å². The normalized spacial score (nSPS) is 24.3. The maximum atomic E-state index is 5.59. The molecule has 17 heavy (non-hydrogen) atoms. The summed E-state index contributed by atoms with van der Waals surface area (Å²) >= 11 is 0. The van der Waals surface area contributed by atoms with Crippen molar-refractivity contribution in [3.8, 4) is 0 Å². The number of ether oxygens (including phenoxy) is 2. The lowest BCUT2D eigenvalue weighted by Gasteiger charge is -2.18. The van der Waals surface area contributed by atoms with E-state index >= 15 is 0 Å². The highest BCUT2D eigenvalue weighted by atomic mass is 16.5. The predicted octanol–water partition coefficient (Wildman–Crippen LogP) is 0.390. The second-order valence-corrected chi connectivity index (χ2v) is 4.16. The zero-order valence-electron chi connectivity index (χ0n) is 10.3. The Hall–Kier alpha value is -1.17. The van der Waals surface area contributed by atoms with Crippen molar-refractivity contribution in [1.82, 2.24) is 4.98 Å². The summed E-state index contributed by atoms with van der Waals surface area (Å²) < 4.78 is 10.8. The summed E-state index contributed by atoms with van der Waals surface area (Å²) in [5.74, 6) is 0. The minimum atomic E-state index is 0.120. The minimum absolute atomic E-state index is 0.120. The number of nitrogens with two attached hydrogens (primary N) is 1. The molecule has 2 atom stereocenters. The Morgan fingerprint density at radius 2 is 2.00 bits per heavy atom. The van der Waals surface area contributed by atoms with Crippen molar-refractivity contribution in [1.29, 1.82) is 0 Å². The molecule has 0 aromatic carbocycles. The molecule has 2 rings (SSSR count). The Bertz CT molecular complexity index is 361. The zero-order chi connectivity index (χ0) is 12.3. The standard InChI is InChI=1S/C12H19N3O2/c1-16-11-7-15(8-12(11)17-2)10-3-4-14-9(5-10)6-13/h3-5,11-12H,6-8,13H2,1-2H3. The first-order valence-electron chi connectivity index (χ1n) is 5.74. The van der Waals surface area contributed by atoms with Gasteiger partial charge in [-0.25, -0.2) is 0 Å². The van der Waals surface area contributed by atoms with Crippen LogP contribution in [0.4, 0.5) is 5.69 Å². The van der Waals surface area contributed by atoms with Crippen LogP contribution >= 0.6 is 0 Å². The lowest BCUT2D eigenvalue weighted by Crippen LogP contribution is -2.27. The second-order valence-electron chi connectivity index (χ2n) is 4.16. The smallest absolute Gasteiger partial charge is 0.102 e. The first-order valence-corrected chi connectivity index (χ1v) is 5.74. The Morgan fingerprint density at radius 1 is 1.35 bits per heavy atom. The van der Waals surface area contributed by atoms with E-state index in [9.17, 15) is 0 Å². The third-order valence-electron chi connectivity index (χ3n) is 3.20. The molecule has 0 saturated carbocycles. The summed E-state index contributed by atoms with van der Waals surface area (Å²) in [7, 11) is 3.44. The molecule has 0 aliphatic carbocycles. The highest BCUT2D eigenvalue weighted by Crippen LogP contribution is 2.23. The molecule has 1 aromatic rings. The molecular formula is C12H19N3O2. The Kier molecular flexibility index (Phi) is 3.93. The van der Waals surface area contributed by atoms with E-state index in [0.29, 0.717) is 6.54 Å². The van der Waals surface area contributed by atoms with Crippen molar-refractivity contribution in [3.05, 3.63) is 24.0 Å². The van der Waals surface area contributed by atoms with Crippen LogP contribution in [0.3, 0.4) is 0 Å². The number of rotatable bonds is 4. The van der Waals surface area contributed by atoms with Gasteiger partial charge in [0, 0.05) is 45.7 Å². The van der Waals surface area contributed by atoms with E-state index in [1.807, 2.05) is 12.1 Å². The third kappa shape index (κ3) is 2.57. The van der Waals surface area contributed by atoms with Crippen LogP contribution in [0.2, 0.25) is 0 Å². The molecular weight excluding hydrogens is 218 g/mol. The van der Waals surface area contributed by atoms with Gasteiger partial charge in [-0.3, -0.25) is 4.98 Å². The molecule has 0 radical (unpaired) electrons. The molecule has 1 saturated heterocycles. The molecule has 5 nitrogen and oxygen atoms in total. The van der Waals surface area contributed by atoms with Crippen molar-refractivity contribution < 1.29 is 9.47 Å². The van der Waals surface area contributed by atoms with Gasteiger partial charge in [0.15, 0.2) is 0 Å². The molecule has 94 valence electrons. The zero-order valence-corrected chi connectivity index (χ0v) is 10.3. The molecule has 0 amide bonds. The first kappa shape index (κ1) is 12.3. The molecule has 0 bridgehead atoms. The van der Waals surface area contributed by atoms with E-state index in [1.54, 1.807) is 20.4 Å². The molecule has 1 fully saturated rings. The predicted molar refractivity (Wildman–Crippen MR) is 65.9 cm³/mol. The van der Waals surface area contributed by atoms with Gasteiger partial charge in [0.05, 0.1) is 5.69 Å². The van der Waals surface area contributed by atoms with Gasteiger partial charge in [-0.05, 0) is 12.1 Å². The summed E-state index contributed by atoms with van der Waals surface area (Å²) in [4.78, 5) is 6.43. The van der Waals surface area contributed by atoms with E-state index in [0.717, 1.165) is 24.5 Å². The van der Waals surface area contributed by atoms with Crippen LogP contribution in [0.25, 0.3) is 0 Å². The largest absolute Gasteiger partial charge is 0.377 e. The van der Waals surface area contributed by atoms with E-state index < -0.39 is 0 Å². The SMILES string of the molecule is COC1CN(c2ccnc(CN)c2)CC1OC. The number of hydrogen-bond donors (Lipinski definition) is 1. The fourth-order valence-electron chi connectivity index (χ4n) is 2.18. The fraction of sp³-hybridized carbons (Fsp3) is 0.583. The van der Waals surface area contributed by atoms with Crippen LogP contribution in [-0.4, -0.2) is 44.5 Å². The lowest BCUT2D eigenvalue weighted by atomic mass is 10.3.